The molecule has 0 unspecified atom stereocenters. The standard InChI is InChI=1S/C19H16O5/c1-22-15-7-8-17(23-2)16(11-15)18-10-13(19(21)24-18)9-12-3-5-14(20)6-4-12/h3-11,20H,1-2H3. The number of carbonyl (C=O) groups excluding carboxylic acids is 1. The minimum atomic E-state index is -0.442. The predicted molar refractivity (Wildman–Crippen MR) is 89.7 cm³/mol. The number of hydrogen-bond acceptors (Lipinski definition) is 5. The van der Waals surface area contributed by atoms with E-state index in [0.717, 1.165) is 5.56 Å². The topological polar surface area (TPSA) is 65.0 Å². The molecule has 0 aliphatic carbocycles. The Balaban J connectivity index is 1.98. The molecule has 1 heterocycles. The number of esters is 1. The molecule has 1 aliphatic rings. The summed E-state index contributed by atoms with van der Waals surface area (Å²) in [6, 6.07) is 11.8. The molecule has 0 amide bonds. The number of ether oxygens (including phenoxy) is 3. The van der Waals surface area contributed by atoms with E-state index in [-0.39, 0.29) is 5.75 Å². The van der Waals surface area contributed by atoms with E-state index < -0.39 is 5.97 Å². The first-order valence-corrected chi connectivity index (χ1v) is 7.27. The molecule has 1 aliphatic heterocycles. The van der Waals surface area contributed by atoms with Crippen molar-refractivity contribution >= 4 is 17.8 Å². The first-order chi connectivity index (χ1) is 11.6. The predicted octanol–water partition coefficient (Wildman–Crippen LogP) is 3.39. The zero-order valence-corrected chi connectivity index (χ0v) is 13.3. The molecular formula is C19H16O5. The fourth-order valence-electron chi connectivity index (χ4n) is 2.38. The third-order valence-electron chi connectivity index (χ3n) is 3.61. The Hall–Kier alpha value is -3.21. The first kappa shape index (κ1) is 15.7. The fourth-order valence-corrected chi connectivity index (χ4v) is 2.38. The van der Waals surface area contributed by atoms with Crippen LogP contribution in [0.1, 0.15) is 11.1 Å². The third-order valence-corrected chi connectivity index (χ3v) is 3.61. The summed E-state index contributed by atoms with van der Waals surface area (Å²) in [7, 11) is 3.12. The Labute approximate surface area is 139 Å². The third kappa shape index (κ3) is 3.10. The summed E-state index contributed by atoms with van der Waals surface area (Å²) in [4.78, 5) is 12.1. The van der Waals surface area contributed by atoms with Gasteiger partial charge in [0.25, 0.3) is 0 Å². The van der Waals surface area contributed by atoms with Gasteiger partial charge >= 0.3 is 5.97 Å². The van der Waals surface area contributed by atoms with Crippen molar-refractivity contribution in [3.8, 4) is 17.2 Å². The monoisotopic (exact) mass is 324 g/mol. The van der Waals surface area contributed by atoms with Gasteiger partial charge < -0.3 is 19.3 Å². The zero-order valence-electron chi connectivity index (χ0n) is 13.3. The van der Waals surface area contributed by atoms with Gasteiger partial charge in [0.15, 0.2) is 0 Å². The lowest BCUT2D eigenvalue weighted by Crippen LogP contribution is -1.98. The van der Waals surface area contributed by atoms with Crippen LogP contribution in [-0.4, -0.2) is 25.3 Å². The van der Waals surface area contributed by atoms with Gasteiger partial charge in [0, 0.05) is 0 Å². The summed E-state index contributed by atoms with van der Waals surface area (Å²) in [5, 5.41) is 9.32. The molecule has 0 atom stereocenters. The van der Waals surface area contributed by atoms with E-state index in [9.17, 15) is 9.90 Å². The second-order valence-corrected chi connectivity index (χ2v) is 5.16. The van der Waals surface area contributed by atoms with Gasteiger partial charge in [0.2, 0.25) is 0 Å². The van der Waals surface area contributed by atoms with Crippen LogP contribution in [0.4, 0.5) is 0 Å². The number of methoxy groups -OCH3 is 2. The van der Waals surface area contributed by atoms with Crippen molar-refractivity contribution in [2.24, 2.45) is 0 Å². The Morgan fingerprint density at radius 2 is 1.79 bits per heavy atom. The summed E-state index contributed by atoms with van der Waals surface area (Å²) in [5.74, 6) is 1.35. The highest BCUT2D eigenvalue weighted by Gasteiger charge is 2.24. The molecule has 0 fully saturated rings. The van der Waals surface area contributed by atoms with Crippen molar-refractivity contribution in [1.82, 2.24) is 0 Å². The molecule has 0 aromatic heterocycles. The molecule has 0 bridgehead atoms. The van der Waals surface area contributed by atoms with Gasteiger partial charge in [-0.15, -0.1) is 0 Å². The molecule has 2 aromatic rings. The lowest BCUT2D eigenvalue weighted by atomic mass is 10.1. The summed E-state index contributed by atoms with van der Waals surface area (Å²) < 4.78 is 15.9. The average molecular weight is 324 g/mol. The Morgan fingerprint density at radius 3 is 2.46 bits per heavy atom. The normalized spacial score (nSPS) is 15.2. The average Bonchev–Trinajstić information content (AvgIpc) is 2.97. The maximum absolute atomic E-state index is 12.1. The number of rotatable bonds is 4. The Bertz CT molecular complexity index is 831. The van der Waals surface area contributed by atoms with Crippen LogP contribution in [0.5, 0.6) is 17.2 Å². The minimum Gasteiger partial charge on any atom is -0.508 e. The molecule has 5 heteroatoms. The summed E-state index contributed by atoms with van der Waals surface area (Å²) in [6.07, 6.45) is 3.36. The zero-order chi connectivity index (χ0) is 17.1. The number of carbonyl (C=O) groups is 1. The van der Waals surface area contributed by atoms with Crippen LogP contribution >= 0.6 is 0 Å². The molecule has 1 N–H and O–H groups in total. The number of phenolic OH excluding ortho intramolecular Hbond substituents is 1. The maximum Gasteiger partial charge on any atom is 0.343 e. The van der Waals surface area contributed by atoms with Crippen molar-refractivity contribution in [2.75, 3.05) is 14.2 Å². The first-order valence-electron chi connectivity index (χ1n) is 7.27. The number of phenols is 1. The Morgan fingerprint density at radius 1 is 1.04 bits per heavy atom. The second kappa shape index (κ2) is 6.50. The molecule has 2 aromatic carbocycles. The number of benzene rings is 2. The number of cyclic esters (lactones) is 1. The lowest BCUT2D eigenvalue weighted by molar-refractivity contribution is -0.130. The maximum atomic E-state index is 12.1. The van der Waals surface area contributed by atoms with Crippen molar-refractivity contribution in [2.45, 2.75) is 0 Å². The lowest BCUT2D eigenvalue weighted by Gasteiger charge is -2.10. The molecule has 122 valence electrons. The van der Waals surface area contributed by atoms with Gasteiger partial charge in [-0.2, -0.15) is 0 Å². The van der Waals surface area contributed by atoms with Crippen LogP contribution in [0.15, 0.2) is 54.1 Å². The van der Waals surface area contributed by atoms with E-state index in [1.165, 1.54) is 0 Å². The van der Waals surface area contributed by atoms with Crippen molar-refractivity contribution in [1.29, 1.82) is 0 Å². The van der Waals surface area contributed by atoms with Crippen molar-refractivity contribution in [3.63, 3.8) is 0 Å². The largest absolute Gasteiger partial charge is 0.508 e. The van der Waals surface area contributed by atoms with Gasteiger partial charge in [-0.3, -0.25) is 0 Å². The van der Waals surface area contributed by atoms with E-state index in [1.54, 1.807) is 68.8 Å². The smallest absolute Gasteiger partial charge is 0.343 e. The van der Waals surface area contributed by atoms with Crippen LogP contribution in [0.3, 0.4) is 0 Å². The SMILES string of the molecule is COc1ccc(OC)c(C2=CC(=Cc3ccc(O)cc3)C(=O)O2)c1. The van der Waals surface area contributed by atoms with Gasteiger partial charge in [0.1, 0.15) is 23.0 Å². The van der Waals surface area contributed by atoms with E-state index in [1.807, 2.05) is 0 Å². The molecule has 0 saturated heterocycles. The van der Waals surface area contributed by atoms with E-state index in [4.69, 9.17) is 14.2 Å². The molecule has 24 heavy (non-hydrogen) atoms. The number of hydrogen-bond donors (Lipinski definition) is 1. The fraction of sp³-hybridized carbons (Fsp3) is 0.105. The molecule has 3 rings (SSSR count). The van der Waals surface area contributed by atoms with Gasteiger partial charge in [-0.1, -0.05) is 12.1 Å². The quantitative estimate of drug-likeness (QED) is 0.690. The van der Waals surface area contributed by atoms with E-state index >= 15 is 0 Å². The van der Waals surface area contributed by atoms with E-state index in [2.05, 4.69) is 0 Å². The van der Waals surface area contributed by atoms with Gasteiger partial charge in [-0.25, -0.2) is 4.79 Å². The molecule has 0 radical (unpaired) electrons. The minimum absolute atomic E-state index is 0.170. The highest BCUT2D eigenvalue weighted by molar-refractivity contribution is 6.05. The van der Waals surface area contributed by atoms with Crippen LogP contribution in [0, 0.1) is 0 Å². The molecule has 0 spiro atoms. The van der Waals surface area contributed by atoms with Crippen LogP contribution in [0.25, 0.3) is 11.8 Å². The van der Waals surface area contributed by atoms with Gasteiger partial charge in [0.05, 0.1) is 25.4 Å². The molecule has 0 saturated carbocycles. The van der Waals surface area contributed by atoms with Crippen molar-refractivity contribution < 1.29 is 24.1 Å². The van der Waals surface area contributed by atoms with Crippen molar-refractivity contribution in [3.05, 3.63) is 65.2 Å². The number of aromatic hydroxyl groups is 1. The summed E-state index contributed by atoms with van der Waals surface area (Å²) in [5.41, 5.74) is 1.84. The summed E-state index contributed by atoms with van der Waals surface area (Å²) in [6.45, 7) is 0. The molecular weight excluding hydrogens is 308 g/mol. The molecule has 5 nitrogen and oxygen atoms in total. The highest BCUT2D eigenvalue weighted by atomic mass is 16.5. The summed E-state index contributed by atoms with van der Waals surface area (Å²) >= 11 is 0. The second-order valence-electron chi connectivity index (χ2n) is 5.16. The van der Waals surface area contributed by atoms with Gasteiger partial charge in [-0.05, 0) is 48.0 Å². The van der Waals surface area contributed by atoms with Crippen LogP contribution in [0.2, 0.25) is 0 Å². The van der Waals surface area contributed by atoms with E-state index in [0.29, 0.717) is 28.4 Å². The van der Waals surface area contributed by atoms with Crippen LogP contribution in [-0.2, 0) is 9.53 Å². The Kier molecular flexibility index (Phi) is 4.24. The van der Waals surface area contributed by atoms with Crippen LogP contribution < -0.4 is 9.47 Å². The highest BCUT2D eigenvalue weighted by Crippen LogP contribution is 2.35.